The molecule has 220 valence electrons. The first-order chi connectivity index (χ1) is 20.0. The third-order valence-corrected chi connectivity index (χ3v) is 9.10. The second-order valence-electron chi connectivity index (χ2n) is 11.8. The van der Waals surface area contributed by atoms with Gasteiger partial charge in [0.1, 0.15) is 11.3 Å². The highest BCUT2D eigenvalue weighted by Gasteiger charge is 2.36. The quantitative estimate of drug-likeness (QED) is 0.313. The average Bonchev–Trinajstić information content (AvgIpc) is 3.30. The Labute approximate surface area is 250 Å². The van der Waals surface area contributed by atoms with Gasteiger partial charge in [0, 0.05) is 73.3 Å². The van der Waals surface area contributed by atoms with Crippen LogP contribution >= 0.6 is 11.6 Å². The van der Waals surface area contributed by atoms with Gasteiger partial charge in [0.05, 0.1) is 16.7 Å². The van der Waals surface area contributed by atoms with Crippen LogP contribution in [-0.2, 0) is 11.8 Å². The van der Waals surface area contributed by atoms with Gasteiger partial charge >= 0.3 is 0 Å². The Morgan fingerprint density at radius 1 is 1.12 bits per heavy atom. The molecule has 4 aromatic rings. The minimum absolute atomic E-state index is 0.0751. The molecule has 2 aromatic heterocycles. The van der Waals surface area contributed by atoms with E-state index < -0.39 is 5.82 Å². The van der Waals surface area contributed by atoms with Crippen molar-refractivity contribution in [3.63, 3.8) is 0 Å². The van der Waals surface area contributed by atoms with Crippen molar-refractivity contribution in [2.75, 3.05) is 50.1 Å². The van der Waals surface area contributed by atoms with Crippen molar-refractivity contribution >= 4 is 51.1 Å². The maximum Gasteiger partial charge on any atom is 0.246 e. The number of aromatic nitrogens is 4. The van der Waals surface area contributed by atoms with E-state index in [9.17, 15) is 4.79 Å². The van der Waals surface area contributed by atoms with Gasteiger partial charge in [-0.3, -0.25) is 9.48 Å². The molecule has 2 atom stereocenters. The molecule has 0 unspecified atom stereocenters. The van der Waals surface area contributed by atoms with E-state index in [2.05, 4.69) is 40.5 Å². The molecule has 11 heteroatoms. The van der Waals surface area contributed by atoms with E-state index in [1.165, 1.54) is 6.08 Å². The Hall–Kier alpha value is -3.76. The SMILES string of the molecule is C=CC(=O)N1C[C@@H](C)N(c2nc(N3CC(N(C)C)C3)nc3c(F)c(-c4c(C)ccc5cnn(C)c45)c(Cl)cc23)C[C@H]1C. The van der Waals surface area contributed by atoms with E-state index in [1.54, 1.807) is 16.9 Å². The number of likely N-dealkylation sites (N-methyl/N-ethyl adjacent to an activating group) is 1. The molecule has 2 aliphatic rings. The normalized spacial score (nSPS) is 19.7. The number of benzene rings is 2. The van der Waals surface area contributed by atoms with Crippen LogP contribution in [-0.4, -0.2) is 93.9 Å². The van der Waals surface area contributed by atoms with Crippen LogP contribution in [0.25, 0.3) is 32.9 Å². The van der Waals surface area contributed by atoms with E-state index in [4.69, 9.17) is 21.6 Å². The van der Waals surface area contributed by atoms with E-state index in [-0.39, 0.29) is 28.5 Å². The third-order valence-electron chi connectivity index (χ3n) is 8.80. The molecular formula is C31H36ClFN8O. The maximum absolute atomic E-state index is 17.0. The first-order valence-electron chi connectivity index (χ1n) is 14.2. The standard InChI is InChI=1S/C31H36ClFN8O/c1-8-24(42)40-13-19(4)41(14-18(40)3)30-22-11-23(32)26(25-17(2)9-10-20-12-34-38(7)29(20)25)27(33)28(22)35-31(36-30)39-15-21(16-39)37(5)6/h8-12,18-19,21H,1,13-16H2,2-7H3/t18-,19-/m1/s1. The number of nitrogens with zero attached hydrogens (tertiary/aromatic N) is 8. The summed E-state index contributed by atoms with van der Waals surface area (Å²) in [6.07, 6.45) is 3.12. The summed E-state index contributed by atoms with van der Waals surface area (Å²) in [6.45, 7) is 12.2. The Morgan fingerprint density at radius 2 is 1.86 bits per heavy atom. The molecule has 0 bridgehead atoms. The largest absolute Gasteiger partial charge is 0.349 e. The van der Waals surface area contributed by atoms with Crippen LogP contribution in [0.3, 0.4) is 0 Å². The fraction of sp³-hybridized carbons (Fsp3) is 0.419. The number of carbonyl (C=O) groups is 1. The van der Waals surface area contributed by atoms with Gasteiger partial charge in [0.25, 0.3) is 0 Å². The minimum atomic E-state index is -0.481. The summed E-state index contributed by atoms with van der Waals surface area (Å²) in [5.41, 5.74) is 2.94. The van der Waals surface area contributed by atoms with Gasteiger partial charge in [-0.25, -0.2) is 9.37 Å². The average molecular weight is 591 g/mol. The van der Waals surface area contributed by atoms with Crippen LogP contribution in [0.1, 0.15) is 19.4 Å². The Bertz CT molecular complexity index is 1730. The Kier molecular flexibility index (Phi) is 7.09. The summed E-state index contributed by atoms with van der Waals surface area (Å²) in [7, 11) is 5.95. The van der Waals surface area contributed by atoms with Crippen molar-refractivity contribution < 1.29 is 9.18 Å². The van der Waals surface area contributed by atoms with Crippen molar-refractivity contribution in [1.82, 2.24) is 29.5 Å². The second kappa shape index (κ2) is 10.5. The summed E-state index contributed by atoms with van der Waals surface area (Å²) < 4.78 is 18.7. The second-order valence-corrected chi connectivity index (χ2v) is 12.2. The number of hydrogen-bond acceptors (Lipinski definition) is 7. The van der Waals surface area contributed by atoms with E-state index in [0.717, 1.165) is 29.6 Å². The molecule has 6 rings (SSSR count). The highest BCUT2D eigenvalue weighted by Crippen LogP contribution is 2.43. The van der Waals surface area contributed by atoms with Gasteiger partial charge < -0.3 is 19.6 Å². The van der Waals surface area contributed by atoms with Gasteiger partial charge in [-0.1, -0.05) is 30.3 Å². The molecule has 2 fully saturated rings. The molecular weight excluding hydrogens is 555 g/mol. The summed E-state index contributed by atoms with van der Waals surface area (Å²) in [5, 5.41) is 6.15. The van der Waals surface area contributed by atoms with Gasteiger partial charge in [0.15, 0.2) is 5.82 Å². The van der Waals surface area contributed by atoms with Gasteiger partial charge in [-0.05, 0) is 52.6 Å². The van der Waals surface area contributed by atoms with Crippen LogP contribution < -0.4 is 9.80 Å². The maximum atomic E-state index is 17.0. The number of aryl methyl sites for hydroxylation is 2. The lowest BCUT2D eigenvalue weighted by atomic mass is 9.95. The summed E-state index contributed by atoms with van der Waals surface area (Å²) >= 11 is 6.97. The molecule has 2 aliphatic heterocycles. The van der Waals surface area contributed by atoms with Gasteiger partial charge in [-0.15, -0.1) is 0 Å². The van der Waals surface area contributed by atoms with Crippen molar-refractivity contribution in [1.29, 1.82) is 0 Å². The van der Waals surface area contributed by atoms with E-state index in [0.29, 0.717) is 47.4 Å². The molecule has 0 saturated carbocycles. The summed E-state index contributed by atoms with van der Waals surface area (Å²) in [4.78, 5) is 30.6. The zero-order valence-corrected chi connectivity index (χ0v) is 25.7. The third kappa shape index (κ3) is 4.48. The molecule has 0 radical (unpaired) electrons. The highest BCUT2D eigenvalue weighted by molar-refractivity contribution is 6.35. The molecule has 0 spiro atoms. The molecule has 2 aromatic carbocycles. The monoisotopic (exact) mass is 590 g/mol. The number of piperazine rings is 1. The lowest BCUT2D eigenvalue weighted by Crippen LogP contribution is -2.59. The molecule has 0 N–H and O–H groups in total. The number of rotatable bonds is 5. The molecule has 4 heterocycles. The number of fused-ring (bicyclic) bond motifs is 2. The van der Waals surface area contributed by atoms with Gasteiger partial charge in [0.2, 0.25) is 11.9 Å². The summed E-state index contributed by atoms with van der Waals surface area (Å²) in [6, 6.07) is 5.94. The lowest BCUT2D eigenvalue weighted by Gasteiger charge is -2.45. The van der Waals surface area contributed by atoms with Crippen LogP contribution in [0.4, 0.5) is 16.2 Å². The van der Waals surface area contributed by atoms with Gasteiger partial charge in [-0.2, -0.15) is 10.1 Å². The number of carbonyl (C=O) groups excluding carboxylic acids is 1. The number of hydrogen-bond donors (Lipinski definition) is 0. The minimum Gasteiger partial charge on any atom is -0.349 e. The van der Waals surface area contributed by atoms with Crippen LogP contribution in [0.5, 0.6) is 0 Å². The fourth-order valence-corrected chi connectivity index (χ4v) is 6.52. The number of anilines is 2. The number of halogens is 2. The topological polar surface area (TPSA) is 73.6 Å². The first kappa shape index (κ1) is 28.4. The molecule has 1 amide bonds. The van der Waals surface area contributed by atoms with Crippen LogP contribution in [0, 0.1) is 12.7 Å². The number of amides is 1. The zero-order valence-electron chi connectivity index (χ0n) is 24.9. The predicted molar refractivity (Wildman–Crippen MR) is 167 cm³/mol. The molecule has 9 nitrogen and oxygen atoms in total. The molecule has 2 saturated heterocycles. The lowest BCUT2D eigenvalue weighted by molar-refractivity contribution is -0.128. The Morgan fingerprint density at radius 3 is 2.55 bits per heavy atom. The predicted octanol–water partition coefficient (Wildman–Crippen LogP) is 4.65. The van der Waals surface area contributed by atoms with Crippen LogP contribution in [0.2, 0.25) is 5.02 Å². The van der Waals surface area contributed by atoms with E-state index in [1.807, 2.05) is 44.9 Å². The van der Waals surface area contributed by atoms with Crippen molar-refractivity contribution in [3.05, 3.63) is 53.5 Å². The molecule has 0 aliphatic carbocycles. The van der Waals surface area contributed by atoms with Crippen molar-refractivity contribution in [3.8, 4) is 11.1 Å². The van der Waals surface area contributed by atoms with Crippen molar-refractivity contribution in [2.24, 2.45) is 7.05 Å². The fourth-order valence-electron chi connectivity index (χ4n) is 6.23. The van der Waals surface area contributed by atoms with Crippen LogP contribution in [0.15, 0.2) is 37.1 Å². The highest BCUT2D eigenvalue weighted by atomic mass is 35.5. The zero-order chi connectivity index (χ0) is 30.0. The summed E-state index contributed by atoms with van der Waals surface area (Å²) in [5.74, 6) is 0.528. The van der Waals surface area contributed by atoms with Crippen molar-refractivity contribution in [2.45, 2.75) is 38.9 Å². The van der Waals surface area contributed by atoms with E-state index >= 15 is 4.39 Å². The molecule has 42 heavy (non-hydrogen) atoms. The first-order valence-corrected chi connectivity index (χ1v) is 14.6. The Balaban J connectivity index is 1.55. The smallest absolute Gasteiger partial charge is 0.246 e.